The van der Waals surface area contributed by atoms with Crippen LogP contribution in [0, 0.1) is 11.8 Å². The molecule has 1 N–H and O–H groups in total. The molecule has 1 aliphatic heterocycles. The second-order valence-corrected chi connectivity index (χ2v) is 6.11. The van der Waals surface area contributed by atoms with E-state index in [4.69, 9.17) is 9.29 Å². The Morgan fingerprint density at radius 1 is 1.50 bits per heavy atom. The minimum atomic E-state index is -5.68. The summed E-state index contributed by atoms with van der Waals surface area (Å²) in [5.74, 6) is -2.86. The Kier molecular flexibility index (Phi) is 4.82. The summed E-state index contributed by atoms with van der Waals surface area (Å²) in [6, 6.07) is 0. The van der Waals surface area contributed by atoms with Crippen molar-refractivity contribution < 1.29 is 40.8 Å². The Labute approximate surface area is 114 Å². The maximum atomic E-state index is 12.9. The molecule has 1 fully saturated rings. The number of carbonyl (C=O) groups excluding carboxylic acids is 2. The molecular formula is C10H14F2O7S. The number of hydrogen-bond donors (Lipinski definition) is 1. The SMILES string of the molecule is CC1COC(C(=O)OCC(F)(F)S(=O)(=O)O)C(C)C1=O. The van der Waals surface area contributed by atoms with Crippen molar-refractivity contribution in [2.24, 2.45) is 11.8 Å². The zero-order valence-corrected chi connectivity index (χ0v) is 11.5. The molecule has 20 heavy (non-hydrogen) atoms. The molecule has 0 aromatic rings. The fraction of sp³-hybridized carbons (Fsp3) is 0.800. The van der Waals surface area contributed by atoms with Crippen LogP contribution in [-0.2, 0) is 29.2 Å². The first-order valence-electron chi connectivity index (χ1n) is 5.64. The largest absolute Gasteiger partial charge is 0.456 e. The molecule has 1 heterocycles. The van der Waals surface area contributed by atoms with Crippen molar-refractivity contribution in [1.29, 1.82) is 0 Å². The molecule has 1 rings (SSSR count). The van der Waals surface area contributed by atoms with E-state index < -0.39 is 45.9 Å². The molecule has 0 spiro atoms. The molecule has 0 aliphatic carbocycles. The van der Waals surface area contributed by atoms with Crippen molar-refractivity contribution in [1.82, 2.24) is 0 Å². The molecule has 0 radical (unpaired) electrons. The van der Waals surface area contributed by atoms with E-state index in [2.05, 4.69) is 4.74 Å². The number of halogens is 2. The lowest BCUT2D eigenvalue weighted by atomic mass is 9.89. The van der Waals surface area contributed by atoms with Gasteiger partial charge in [-0.2, -0.15) is 17.2 Å². The molecular weight excluding hydrogens is 302 g/mol. The van der Waals surface area contributed by atoms with Gasteiger partial charge in [0.05, 0.1) is 12.5 Å². The molecule has 1 saturated heterocycles. The number of rotatable bonds is 4. The lowest BCUT2D eigenvalue weighted by Gasteiger charge is -2.30. The van der Waals surface area contributed by atoms with E-state index in [0.717, 1.165) is 0 Å². The molecule has 0 aromatic carbocycles. The summed E-state index contributed by atoms with van der Waals surface area (Å²) in [5, 5.41) is -4.61. The van der Waals surface area contributed by atoms with Crippen LogP contribution in [0.2, 0.25) is 0 Å². The normalized spacial score (nSPS) is 28.2. The molecule has 7 nitrogen and oxygen atoms in total. The first-order valence-corrected chi connectivity index (χ1v) is 7.08. The molecule has 0 bridgehead atoms. The molecule has 3 atom stereocenters. The average Bonchev–Trinajstić information content (AvgIpc) is 2.32. The highest BCUT2D eigenvalue weighted by molar-refractivity contribution is 7.86. The predicted molar refractivity (Wildman–Crippen MR) is 60.5 cm³/mol. The highest BCUT2D eigenvalue weighted by Gasteiger charge is 2.47. The van der Waals surface area contributed by atoms with E-state index in [0.29, 0.717) is 0 Å². The zero-order chi connectivity index (χ0) is 15.7. The topological polar surface area (TPSA) is 107 Å². The van der Waals surface area contributed by atoms with Gasteiger partial charge < -0.3 is 9.47 Å². The van der Waals surface area contributed by atoms with Gasteiger partial charge >= 0.3 is 21.3 Å². The predicted octanol–water partition coefficient (Wildman–Crippen LogP) is 0.250. The quantitative estimate of drug-likeness (QED) is 0.585. The number of ketones is 1. The summed E-state index contributed by atoms with van der Waals surface area (Å²) in [5.41, 5.74) is 0. The molecule has 116 valence electrons. The van der Waals surface area contributed by atoms with Crippen LogP contribution >= 0.6 is 0 Å². The van der Waals surface area contributed by atoms with E-state index >= 15 is 0 Å². The van der Waals surface area contributed by atoms with E-state index in [9.17, 15) is 26.8 Å². The van der Waals surface area contributed by atoms with Crippen LogP contribution in [0.25, 0.3) is 0 Å². The minimum absolute atomic E-state index is 0.0579. The Morgan fingerprint density at radius 3 is 2.55 bits per heavy atom. The van der Waals surface area contributed by atoms with Crippen LogP contribution in [0.15, 0.2) is 0 Å². The van der Waals surface area contributed by atoms with Crippen molar-refractivity contribution in [2.75, 3.05) is 13.2 Å². The fourth-order valence-corrected chi connectivity index (χ4v) is 1.86. The van der Waals surface area contributed by atoms with Gasteiger partial charge in [0.1, 0.15) is 5.78 Å². The lowest BCUT2D eigenvalue weighted by molar-refractivity contribution is -0.175. The summed E-state index contributed by atoms with van der Waals surface area (Å²) >= 11 is 0. The Hall–Kier alpha value is -1.13. The number of hydrogen-bond acceptors (Lipinski definition) is 6. The minimum Gasteiger partial charge on any atom is -0.456 e. The van der Waals surface area contributed by atoms with Crippen LogP contribution in [0.4, 0.5) is 8.78 Å². The fourth-order valence-electron chi connectivity index (χ4n) is 1.66. The summed E-state index contributed by atoms with van der Waals surface area (Å²) in [6.07, 6.45) is -1.36. The second kappa shape index (κ2) is 5.70. The average molecular weight is 316 g/mol. The summed E-state index contributed by atoms with van der Waals surface area (Å²) in [7, 11) is -5.68. The molecule has 10 heteroatoms. The monoisotopic (exact) mass is 316 g/mol. The van der Waals surface area contributed by atoms with E-state index in [-0.39, 0.29) is 12.4 Å². The summed E-state index contributed by atoms with van der Waals surface area (Å²) in [4.78, 5) is 23.2. The Bertz CT molecular complexity index is 502. The smallest absolute Gasteiger partial charge is 0.402 e. The van der Waals surface area contributed by atoms with E-state index in [1.165, 1.54) is 6.92 Å². The number of Topliss-reactive ketones (excluding diaryl/α,β-unsaturated/α-hetero) is 1. The zero-order valence-electron chi connectivity index (χ0n) is 10.7. The van der Waals surface area contributed by atoms with Gasteiger partial charge in [0.15, 0.2) is 12.7 Å². The first-order chi connectivity index (χ1) is 8.97. The summed E-state index contributed by atoms with van der Waals surface area (Å²) in [6.45, 7) is 1.07. The van der Waals surface area contributed by atoms with Crippen LogP contribution in [-0.4, -0.2) is 49.3 Å². The van der Waals surface area contributed by atoms with Crippen LogP contribution in [0.5, 0.6) is 0 Å². The maximum Gasteiger partial charge on any atom is 0.402 e. The van der Waals surface area contributed by atoms with Crippen molar-refractivity contribution in [3.63, 3.8) is 0 Å². The van der Waals surface area contributed by atoms with Crippen LogP contribution < -0.4 is 0 Å². The van der Waals surface area contributed by atoms with E-state index in [1.54, 1.807) is 6.92 Å². The highest BCUT2D eigenvalue weighted by Crippen LogP contribution is 2.24. The van der Waals surface area contributed by atoms with Gasteiger partial charge in [0, 0.05) is 5.92 Å². The van der Waals surface area contributed by atoms with Crippen molar-refractivity contribution in [3.8, 4) is 0 Å². The maximum absolute atomic E-state index is 12.9. The molecule has 3 unspecified atom stereocenters. The van der Waals surface area contributed by atoms with Gasteiger partial charge in [-0.25, -0.2) is 4.79 Å². The summed E-state index contributed by atoms with van der Waals surface area (Å²) < 4.78 is 63.8. The Morgan fingerprint density at radius 2 is 2.05 bits per heavy atom. The molecule has 0 saturated carbocycles. The third-order valence-electron chi connectivity index (χ3n) is 2.91. The number of carbonyl (C=O) groups is 2. The van der Waals surface area contributed by atoms with Crippen LogP contribution in [0.3, 0.4) is 0 Å². The first kappa shape index (κ1) is 16.9. The highest BCUT2D eigenvalue weighted by atomic mass is 32.2. The third kappa shape index (κ3) is 3.49. The van der Waals surface area contributed by atoms with Gasteiger partial charge in [-0.1, -0.05) is 13.8 Å². The lowest BCUT2D eigenvalue weighted by Crippen LogP contribution is -2.46. The van der Waals surface area contributed by atoms with Crippen molar-refractivity contribution in [2.45, 2.75) is 25.2 Å². The number of esters is 1. The Balaban J connectivity index is 2.67. The van der Waals surface area contributed by atoms with Gasteiger partial charge in [-0.05, 0) is 0 Å². The number of alkyl halides is 2. The van der Waals surface area contributed by atoms with Gasteiger partial charge in [0.25, 0.3) is 0 Å². The van der Waals surface area contributed by atoms with Gasteiger partial charge in [0.2, 0.25) is 0 Å². The molecule has 0 aromatic heterocycles. The molecule has 0 amide bonds. The molecule has 1 aliphatic rings. The van der Waals surface area contributed by atoms with Crippen molar-refractivity contribution in [3.05, 3.63) is 0 Å². The van der Waals surface area contributed by atoms with Gasteiger partial charge in [-0.3, -0.25) is 9.35 Å². The standard InChI is InChI=1S/C10H14F2O7S/c1-5-3-18-8(6(2)7(5)13)9(14)19-4-10(11,12)20(15,16)17/h5-6,8H,3-4H2,1-2H3,(H,15,16,17). The second-order valence-electron chi connectivity index (χ2n) is 4.57. The third-order valence-corrected chi connectivity index (χ3v) is 3.78. The van der Waals surface area contributed by atoms with Crippen LogP contribution in [0.1, 0.15) is 13.8 Å². The van der Waals surface area contributed by atoms with Gasteiger partial charge in [-0.15, -0.1) is 0 Å². The number of ether oxygens (including phenoxy) is 2. The van der Waals surface area contributed by atoms with E-state index in [1.807, 2.05) is 0 Å². The van der Waals surface area contributed by atoms with Crippen molar-refractivity contribution >= 4 is 21.9 Å².